The SMILES string of the molecule is Cc1cc(N)cc(S(=O)(=O)NCCCS(N)(=O)=O)c1. The van der Waals surface area contributed by atoms with Gasteiger partial charge in [-0.15, -0.1) is 0 Å². The van der Waals surface area contributed by atoms with Crippen molar-refractivity contribution in [3.05, 3.63) is 23.8 Å². The molecule has 9 heteroatoms. The van der Waals surface area contributed by atoms with Gasteiger partial charge in [-0.1, -0.05) is 0 Å². The van der Waals surface area contributed by atoms with Gasteiger partial charge in [0.15, 0.2) is 0 Å². The number of aryl methyl sites for hydroxylation is 1. The Labute approximate surface area is 113 Å². The molecule has 0 aromatic heterocycles. The number of primary sulfonamides is 1. The summed E-state index contributed by atoms with van der Waals surface area (Å²) < 4.78 is 47.5. The normalized spacial score (nSPS) is 12.5. The van der Waals surface area contributed by atoms with Crippen LogP contribution in [0, 0.1) is 6.92 Å². The topological polar surface area (TPSA) is 132 Å². The van der Waals surface area contributed by atoms with E-state index in [9.17, 15) is 16.8 Å². The Morgan fingerprint density at radius 1 is 1.16 bits per heavy atom. The van der Waals surface area contributed by atoms with Crippen molar-refractivity contribution in [3.8, 4) is 0 Å². The third kappa shape index (κ3) is 5.55. The van der Waals surface area contributed by atoms with Gasteiger partial charge in [0, 0.05) is 12.2 Å². The molecule has 0 saturated carbocycles. The Kier molecular flexibility index (Phi) is 4.91. The van der Waals surface area contributed by atoms with Crippen LogP contribution in [0.4, 0.5) is 5.69 Å². The fourth-order valence-corrected chi connectivity index (χ4v) is 3.25. The van der Waals surface area contributed by atoms with Gasteiger partial charge in [-0.25, -0.2) is 26.7 Å². The molecule has 19 heavy (non-hydrogen) atoms. The largest absolute Gasteiger partial charge is 0.399 e. The smallest absolute Gasteiger partial charge is 0.240 e. The van der Waals surface area contributed by atoms with Gasteiger partial charge in [-0.05, 0) is 37.1 Å². The molecule has 1 rings (SSSR count). The molecule has 108 valence electrons. The molecule has 0 aliphatic carbocycles. The van der Waals surface area contributed by atoms with Crippen LogP contribution in [-0.4, -0.2) is 29.1 Å². The van der Waals surface area contributed by atoms with Gasteiger partial charge in [0.25, 0.3) is 0 Å². The molecule has 0 bridgehead atoms. The minimum Gasteiger partial charge on any atom is -0.399 e. The van der Waals surface area contributed by atoms with E-state index >= 15 is 0 Å². The van der Waals surface area contributed by atoms with Crippen LogP contribution in [0.5, 0.6) is 0 Å². The zero-order valence-electron chi connectivity index (χ0n) is 10.5. The molecule has 0 amide bonds. The number of anilines is 1. The zero-order chi connectivity index (χ0) is 14.7. The van der Waals surface area contributed by atoms with Crippen molar-refractivity contribution in [2.45, 2.75) is 18.2 Å². The van der Waals surface area contributed by atoms with E-state index in [-0.39, 0.29) is 23.6 Å². The van der Waals surface area contributed by atoms with Gasteiger partial charge in [0.1, 0.15) is 0 Å². The molecule has 0 fully saturated rings. The third-order valence-corrected chi connectivity index (χ3v) is 4.58. The highest BCUT2D eigenvalue weighted by atomic mass is 32.2. The van der Waals surface area contributed by atoms with Crippen LogP contribution in [0.3, 0.4) is 0 Å². The predicted molar refractivity (Wildman–Crippen MR) is 73.4 cm³/mol. The molecule has 0 aliphatic rings. The van der Waals surface area contributed by atoms with Crippen LogP contribution in [0.1, 0.15) is 12.0 Å². The second kappa shape index (κ2) is 5.87. The number of nitrogens with one attached hydrogen (secondary N) is 1. The van der Waals surface area contributed by atoms with E-state index in [0.717, 1.165) is 5.56 Å². The van der Waals surface area contributed by atoms with Crippen molar-refractivity contribution in [1.29, 1.82) is 0 Å². The van der Waals surface area contributed by atoms with Crippen LogP contribution in [-0.2, 0) is 20.0 Å². The first-order valence-corrected chi connectivity index (χ1v) is 8.67. The fraction of sp³-hybridized carbons (Fsp3) is 0.400. The number of hydrogen-bond donors (Lipinski definition) is 3. The Bertz CT molecular complexity index is 633. The van der Waals surface area contributed by atoms with E-state index in [0.29, 0.717) is 5.69 Å². The molecule has 0 spiro atoms. The van der Waals surface area contributed by atoms with E-state index in [1.807, 2.05) is 0 Å². The Hall–Kier alpha value is -1.16. The maximum Gasteiger partial charge on any atom is 0.240 e. The summed E-state index contributed by atoms with van der Waals surface area (Å²) in [6, 6.07) is 4.48. The minimum atomic E-state index is -3.69. The van der Waals surface area contributed by atoms with Crippen LogP contribution in [0.15, 0.2) is 23.1 Å². The van der Waals surface area contributed by atoms with Crippen molar-refractivity contribution in [2.75, 3.05) is 18.0 Å². The monoisotopic (exact) mass is 307 g/mol. The standard InChI is InChI=1S/C10H17N3O4S2/c1-8-5-9(11)7-10(6-8)19(16,17)13-3-2-4-18(12,14)15/h5-7,13H,2-4,11H2,1H3,(H2,12,14,15). The molecule has 1 aromatic rings. The lowest BCUT2D eigenvalue weighted by Gasteiger charge is -2.08. The lowest BCUT2D eigenvalue weighted by molar-refractivity contribution is 0.576. The Morgan fingerprint density at radius 3 is 2.32 bits per heavy atom. The van der Waals surface area contributed by atoms with Gasteiger partial charge in [0.2, 0.25) is 20.0 Å². The van der Waals surface area contributed by atoms with Crippen molar-refractivity contribution >= 4 is 25.7 Å². The zero-order valence-corrected chi connectivity index (χ0v) is 12.1. The first-order valence-electron chi connectivity index (χ1n) is 5.47. The molecule has 7 nitrogen and oxygen atoms in total. The lowest BCUT2D eigenvalue weighted by Crippen LogP contribution is -2.27. The summed E-state index contributed by atoms with van der Waals surface area (Å²) in [6.45, 7) is 1.73. The minimum absolute atomic E-state index is 0.00733. The van der Waals surface area contributed by atoms with Crippen LogP contribution < -0.4 is 15.6 Å². The summed E-state index contributed by atoms with van der Waals surface area (Å²) in [4.78, 5) is 0.0561. The Morgan fingerprint density at radius 2 is 1.79 bits per heavy atom. The summed E-state index contributed by atoms with van der Waals surface area (Å²) in [7, 11) is -7.26. The van der Waals surface area contributed by atoms with Crippen LogP contribution in [0.2, 0.25) is 0 Å². The summed E-state index contributed by atoms with van der Waals surface area (Å²) in [5.74, 6) is -0.272. The van der Waals surface area contributed by atoms with Crippen LogP contribution >= 0.6 is 0 Å². The lowest BCUT2D eigenvalue weighted by atomic mass is 10.2. The summed E-state index contributed by atoms with van der Waals surface area (Å²) in [5, 5.41) is 4.81. The number of hydrogen-bond acceptors (Lipinski definition) is 5. The van der Waals surface area contributed by atoms with Gasteiger partial charge < -0.3 is 5.73 Å². The Balaban J connectivity index is 2.71. The molecule has 1 aromatic carbocycles. The molecule has 0 atom stereocenters. The molecule has 0 saturated heterocycles. The van der Waals surface area contributed by atoms with Crippen molar-refractivity contribution in [2.24, 2.45) is 5.14 Å². The summed E-state index contributed by atoms with van der Waals surface area (Å²) in [5.41, 5.74) is 6.66. The highest BCUT2D eigenvalue weighted by Gasteiger charge is 2.14. The molecule has 0 aliphatic heterocycles. The van der Waals surface area contributed by atoms with E-state index in [4.69, 9.17) is 10.9 Å². The number of rotatable bonds is 6. The predicted octanol–water partition coefficient (Wildman–Crippen LogP) is -0.466. The van der Waals surface area contributed by atoms with E-state index in [1.165, 1.54) is 12.1 Å². The molecule has 0 unspecified atom stereocenters. The molecular formula is C10H17N3O4S2. The van der Waals surface area contributed by atoms with E-state index in [2.05, 4.69) is 4.72 Å². The number of sulfonamides is 2. The van der Waals surface area contributed by atoms with Crippen molar-refractivity contribution in [3.63, 3.8) is 0 Å². The quantitative estimate of drug-likeness (QED) is 0.483. The number of benzene rings is 1. The third-order valence-electron chi connectivity index (χ3n) is 2.28. The van der Waals surface area contributed by atoms with Crippen LogP contribution in [0.25, 0.3) is 0 Å². The average Bonchev–Trinajstić information content (AvgIpc) is 2.22. The first-order chi connectivity index (χ1) is 8.60. The summed E-state index contributed by atoms with van der Waals surface area (Å²) in [6.07, 6.45) is 0.110. The van der Waals surface area contributed by atoms with Crippen molar-refractivity contribution < 1.29 is 16.8 Å². The number of nitrogens with two attached hydrogens (primary N) is 2. The molecular weight excluding hydrogens is 290 g/mol. The molecule has 5 N–H and O–H groups in total. The van der Waals surface area contributed by atoms with E-state index in [1.54, 1.807) is 13.0 Å². The first kappa shape index (κ1) is 15.9. The maximum absolute atomic E-state index is 11.9. The highest BCUT2D eigenvalue weighted by molar-refractivity contribution is 7.89. The van der Waals surface area contributed by atoms with Gasteiger partial charge in [-0.2, -0.15) is 0 Å². The second-order valence-electron chi connectivity index (χ2n) is 4.20. The molecule has 0 radical (unpaired) electrons. The van der Waals surface area contributed by atoms with Gasteiger partial charge >= 0.3 is 0 Å². The maximum atomic E-state index is 11.9. The molecule has 0 heterocycles. The fourth-order valence-electron chi connectivity index (χ4n) is 1.49. The van der Waals surface area contributed by atoms with Crippen molar-refractivity contribution in [1.82, 2.24) is 4.72 Å². The average molecular weight is 307 g/mol. The van der Waals surface area contributed by atoms with E-state index < -0.39 is 20.0 Å². The second-order valence-corrected chi connectivity index (χ2v) is 7.70. The van der Waals surface area contributed by atoms with Gasteiger partial charge in [0.05, 0.1) is 10.6 Å². The number of nitrogen functional groups attached to an aromatic ring is 1. The highest BCUT2D eigenvalue weighted by Crippen LogP contribution is 2.15. The summed E-state index contributed by atoms with van der Waals surface area (Å²) >= 11 is 0. The van der Waals surface area contributed by atoms with Gasteiger partial charge in [-0.3, -0.25) is 0 Å².